The van der Waals surface area contributed by atoms with Crippen LogP contribution in [0.3, 0.4) is 0 Å². The van der Waals surface area contributed by atoms with Crippen LogP contribution in [0, 0.1) is 11.7 Å². The lowest BCUT2D eigenvalue weighted by Gasteiger charge is -2.35. The minimum atomic E-state index is -0.264. The summed E-state index contributed by atoms with van der Waals surface area (Å²) in [4.78, 5) is 2.32. The molecule has 0 aromatic heterocycles. The quantitative estimate of drug-likeness (QED) is 0.922. The Balaban J connectivity index is 1.79. The monoisotopic (exact) mass is 292 g/mol. The van der Waals surface area contributed by atoms with Crippen molar-refractivity contribution >= 4 is 5.69 Å². The van der Waals surface area contributed by atoms with Gasteiger partial charge in [-0.15, -0.1) is 0 Å². The Morgan fingerprint density at radius 3 is 2.90 bits per heavy atom. The fraction of sp³-hybridized carbons (Fsp3) is 0.647. The second-order valence-corrected chi connectivity index (χ2v) is 6.44. The Kier molecular flexibility index (Phi) is 4.07. The van der Waals surface area contributed by atoms with E-state index >= 15 is 0 Å². The fourth-order valence-electron chi connectivity index (χ4n) is 3.35. The molecule has 1 aromatic rings. The number of rotatable bonds is 4. The van der Waals surface area contributed by atoms with E-state index in [2.05, 4.69) is 17.1 Å². The minimum Gasteiger partial charge on any atom is -0.491 e. The normalized spacial score (nSPS) is 26.5. The second kappa shape index (κ2) is 5.84. The zero-order chi connectivity index (χ0) is 14.9. The van der Waals surface area contributed by atoms with Gasteiger partial charge in [0.2, 0.25) is 0 Å². The van der Waals surface area contributed by atoms with Gasteiger partial charge in [-0.3, -0.25) is 0 Å². The van der Waals surface area contributed by atoms with Gasteiger partial charge >= 0.3 is 0 Å². The molecule has 0 bridgehead atoms. The Bertz CT molecular complexity index is 504. The lowest BCUT2D eigenvalue weighted by molar-refractivity contribution is 0.321. The van der Waals surface area contributed by atoms with Crippen LogP contribution in [0.1, 0.15) is 33.1 Å². The highest BCUT2D eigenvalue weighted by Gasteiger charge is 2.43. The van der Waals surface area contributed by atoms with E-state index in [1.54, 1.807) is 12.1 Å². The van der Waals surface area contributed by atoms with Crippen molar-refractivity contribution in [3.8, 4) is 5.75 Å². The SMILES string of the molecule is CCOc1ccc(N2CCCNC(C)(C3CC3)C2)cc1F. The van der Waals surface area contributed by atoms with Crippen LogP contribution >= 0.6 is 0 Å². The summed E-state index contributed by atoms with van der Waals surface area (Å²) in [6, 6.07) is 5.34. The lowest BCUT2D eigenvalue weighted by Crippen LogP contribution is -2.51. The zero-order valence-electron chi connectivity index (χ0n) is 13.0. The van der Waals surface area contributed by atoms with Crippen LogP contribution in [0.4, 0.5) is 10.1 Å². The molecule has 1 unspecified atom stereocenters. The number of nitrogens with one attached hydrogen (secondary N) is 1. The van der Waals surface area contributed by atoms with E-state index in [0.29, 0.717) is 12.4 Å². The first kappa shape index (κ1) is 14.6. The van der Waals surface area contributed by atoms with E-state index in [-0.39, 0.29) is 11.4 Å². The summed E-state index contributed by atoms with van der Waals surface area (Å²) in [5.41, 5.74) is 1.12. The first-order chi connectivity index (χ1) is 10.1. The van der Waals surface area contributed by atoms with Crippen molar-refractivity contribution in [1.82, 2.24) is 5.32 Å². The van der Waals surface area contributed by atoms with Gasteiger partial charge in [0.25, 0.3) is 0 Å². The van der Waals surface area contributed by atoms with E-state index in [1.807, 2.05) is 13.0 Å². The molecule has 1 aliphatic heterocycles. The third-order valence-electron chi connectivity index (χ3n) is 4.71. The molecule has 0 amide bonds. The molecule has 3 rings (SSSR count). The summed E-state index contributed by atoms with van der Waals surface area (Å²) in [7, 11) is 0. The zero-order valence-corrected chi connectivity index (χ0v) is 13.0. The molecular formula is C17H25FN2O. The largest absolute Gasteiger partial charge is 0.491 e. The summed E-state index contributed by atoms with van der Waals surface area (Å²) in [5.74, 6) is 0.851. The summed E-state index contributed by atoms with van der Waals surface area (Å²) in [6.07, 6.45) is 3.72. The first-order valence-electron chi connectivity index (χ1n) is 8.05. The number of ether oxygens (including phenoxy) is 1. The molecule has 1 heterocycles. The third kappa shape index (κ3) is 3.15. The topological polar surface area (TPSA) is 24.5 Å². The summed E-state index contributed by atoms with van der Waals surface area (Å²) in [5, 5.41) is 3.71. The number of anilines is 1. The molecule has 1 aromatic carbocycles. The van der Waals surface area contributed by atoms with E-state index in [9.17, 15) is 4.39 Å². The van der Waals surface area contributed by atoms with Crippen molar-refractivity contribution in [1.29, 1.82) is 0 Å². The van der Waals surface area contributed by atoms with E-state index in [1.165, 1.54) is 12.8 Å². The highest BCUT2D eigenvalue weighted by Crippen LogP contribution is 2.41. The number of hydrogen-bond donors (Lipinski definition) is 1. The van der Waals surface area contributed by atoms with E-state index in [4.69, 9.17) is 4.74 Å². The maximum atomic E-state index is 14.1. The summed E-state index contributed by atoms with van der Waals surface area (Å²) in [6.45, 7) is 7.64. The fourth-order valence-corrected chi connectivity index (χ4v) is 3.35. The van der Waals surface area contributed by atoms with Crippen LogP contribution in [-0.2, 0) is 0 Å². The van der Waals surface area contributed by atoms with E-state index in [0.717, 1.165) is 37.7 Å². The molecule has 2 fully saturated rings. The predicted octanol–water partition coefficient (Wildman–Crippen LogP) is 3.19. The van der Waals surface area contributed by atoms with Crippen molar-refractivity contribution in [3.63, 3.8) is 0 Å². The van der Waals surface area contributed by atoms with Crippen molar-refractivity contribution < 1.29 is 9.13 Å². The highest BCUT2D eigenvalue weighted by atomic mass is 19.1. The van der Waals surface area contributed by atoms with Crippen LogP contribution in [0.25, 0.3) is 0 Å². The average molecular weight is 292 g/mol. The smallest absolute Gasteiger partial charge is 0.167 e. The van der Waals surface area contributed by atoms with Gasteiger partial charge in [0, 0.05) is 30.4 Å². The van der Waals surface area contributed by atoms with Crippen molar-refractivity contribution in [2.24, 2.45) is 5.92 Å². The lowest BCUT2D eigenvalue weighted by atomic mass is 9.95. The van der Waals surface area contributed by atoms with Gasteiger partial charge in [0.1, 0.15) is 0 Å². The van der Waals surface area contributed by atoms with Gasteiger partial charge in [-0.2, -0.15) is 0 Å². The first-order valence-corrected chi connectivity index (χ1v) is 8.05. The molecule has 0 radical (unpaired) electrons. The molecular weight excluding hydrogens is 267 g/mol. The molecule has 4 heteroatoms. The predicted molar refractivity (Wildman–Crippen MR) is 83.5 cm³/mol. The van der Waals surface area contributed by atoms with Crippen LogP contribution in [0.5, 0.6) is 5.75 Å². The number of hydrogen-bond acceptors (Lipinski definition) is 3. The number of halogens is 1. The van der Waals surface area contributed by atoms with Crippen LogP contribution < -0.4 is 15.0 Å². The molecule has 116 valence electrons. The average Bonchev–Trinajstić information content (AvgIpc) is 3.28. The molecule has 1 saturated heterocycles. The minimum absolute atomic E-state index is 0.158. The Labute approximate surface area is 126 Å². The summed E-state index contributed by atoms with van der Waals surface area (Å²) >= 11 is 0. The van der Waals surface area contributed by atoms with Gasteiger partial charge in [-0.05, 0) is 57.7 Å². The summed E-state index contributed by atoms with van der Waals surface area (Å²) < 4.78 is 19.4. The number of benzene rings is 1. The van der Waals surface area contributed by atoms with Crippen LogP contribution in [-0.4, -0.2) is 31.8 Å². The second-order valence-electron chi connectivity index (χ2n) is 6.44. The molecule has 1 atom stereocenters. The molecule has 21 heavy (non-hydrogen) atoms. The molecule has 2 aliphatic rings. The molecule has 0 spiro atoms. The van der Waals surface area contributed by atoms with Crippen molar-refractivity contribution in [2.45, 2.75) is 38.6 Å². The van der Waals surface area contributed by atoms with Gasteiger partial charge in [-0.1, -0.05) is 0 Å². The van der Waals surface area contributed by atoms with Crippen molar-refractivity contribution in [2.75, 3.05) is 31.1 Å². The Morgan fingerprint density at radius 1 is 1.43 bits per heavy atom. The number of nitrogens with zero attached hydrogens (tertiary/aromatic N) is 1. The van der Waals surface area contributed by atoms with Gasteiger partial charge in [0.05, 0.1) is 6.61 Å². The highest BCUT2D eigenvalue weighted by molar-refractivity contribution is 5.50. The molecule has 1 aliphatic carbocycles. The maximum Gasteiger partial charge on any atom is 0.167 e. The van der Waals surface area contributed by atoms with Crippen molar-refractivity contribution in [3.05, 3.63) is 24.0 Å². The van der Waals surface area contributed by atoms with E-state index < -0.39 is 0 Å². The van der Waals surface area contributed by atoms with Gasteiger partial charge < -0.3 is 15.0 Å². The van der Waals surface area contributed by atoms with Crippen LogP contribution in [0.15, 0.2) is 18.2 Å². The van der Waals surface area contributed by atoms with Gasteiger partial charge in [-0.25, -0.2) is 4.39 Å². The maximum absolute atomic E-state index is 14.1. The van der Waals surface area contributed by atoms with Gasteiger partial charge in [0.15, 0.2) is 11.6 Å². The Hall–Kier alpha value is -1.29. The molecule has 1 N–H and O–H groups in total. The Morgan fingerprint density at radius 2 is 2.24 bits per heavy atom. The third-order valence-corrected chi connectivity index (χ3v) is 4.71. The molecule has 1 saturated carbocycles. The standard InChI is InChI=1S/C17H25FN2O/c1-3-21-16-8-7-14(11-15(16)18)20-10-4-9-19-17(2,12-20)13-5-6-13/h7-8,11,13,19H,3-6,9-10,12H2,1-2H3. The molecule has 3 nitrogen and oxygen atoms in total. The van der Waals surface area contributed by atoms with Crippen LogP contribution in [0.2, 0.25) is 0 Å².